The maximum atomic E-state index is 5.30. The molecule has 0 radical (unpaired) electrons. The Labute approximate surface area is 64.1 Å². The minimum Gasteiger partial charge on any atom is -0.374 e. The molecule has 0 aromatic carbocycles. The van der Waals surface area contributed by atoms with E-state index in [-0.39, 0.29) is 5.60 Å². The van der Waals surface area contributed by atoms with Crippen LogP contribution in [0.1, 0.15) is 34.6 Å². The van der Waals surface area contributed by atoms with Crippen molar-refractivity contribution < 1.29 is 4.74 Å². The van der Waals surface area contributed by atoms with Gasteiger partial charge in [0.15, 0.2) is 0 Å². The Kier molecular flexibility index (Phi) is 3.10. The first-order chi connectivity index (χ1) is 4.41. The second-order valence-electron chi connectivity index (χ2n) is 3.34. The van der Waals surface area contributed by atoms with Crippen molar-refractivity contribution >= 4 is 0 Å². The van der Waals surface area contributed by atoms with Crippen LogP contribution in [0.4, 0.5) is 0 Å². The van der Waals surface area contributed by atoms with Crippen LogP contribution in [0.3, 0.4) is 0 Å². The predicted octanol–water partition coefficient (Wildman–Crippen LogP) is 2.77. The molecule has 0 N–H and O–H groups in total. The van der Waals surface area contributed by atoms with E-state index in [0.717, 1.165) is 0 Å². The minimum atomic E-state index is -0.0984. The van der Waals surface area contributed by atoms with E-state index in [4.69, 9.17) is 4.74 Å². The van der Waals surface area contributed by atoms with Crippen LogP contribution in [-0.2, 0) is 4.74 Å². The first-order valence-electron chi connectivity index (χ1n) is 3.61. The van der Waals surface area contributed by atoms with Gasteiger partial charge in [0, 0.05) is 7.11 Å². The van der Waals surface area contributed by atoms with Gasteiger partial charge in [-0.25, -0.2) is 0 Å². The molecule has 0 atom stereocenters. The predicted molar refractivity (Wildman–Crippen MR) is 45.1 cm³/mol. The van der Waals surface area contributed by atoms with Crippen LogP contribution in [0.5, 0.6) is 0 Å². The lowest BCUT2D eigenvalue weighted by atomic mass is 9.96. The highest BCUT2D eigenvalue weighted by Crippen LogP contribution is 2.21. The van der Waals surface area contributed by atoms with E-state index in [0.29, 0.717) is 0 Å². The van der Waals surface area contributed by atoms with Crippen molar-refractivity contribution in [2.75, 3.05) is 7.11 Å². The summed E-state index contributed by atoms with van der Waals surface area (Å²) in [6.45, 7) is 10.5. The quantitative estimate of drug-likeness (QED) is 0.539. The zero-order valence-electron chi connectivity index (χ0n) is 7.91. The fourth-order valence-corrected chi connectivity index (χ4v) is 0.755. The normalized spacial score (nSPS) is 11.4. The average molecular weight is 142 g/mol. The highest BCUT2D eigenvalue weighted by atomic mass is 16.5. The summed E-state index contributed by atoms with van der Waals surface area (Å²) in [5.74, 6) is 0. The third kappa shape index (κ3) is 2.14. The third-order valence-corrected chi connectivity index (χ3v) is 2.16. The number of hydrogen-bond acceptors (Lipinski definition) is 1. The average Bonchev–Trinajstić information content (AvgIpc) is 1.86. The van der Waals surface area contributed by atoms with Crippen molar-refractivity contribution in [2.24, 2.45) is 0 Å². The molecule has 0 saturated carbocycles. The molecule has 0 aliphatic heterocycles. The Balaban J connectivity index is 4.49. The molecule has 0 unspecified atom stereocenters. The van der Waals surface area contributed by atoms with Crippen LogP contribution in [0.15, 0.2) is 11.1 Å². The second-order valence-corrected chi connectivity index (χ2v) is 3.34. The van der Waals surface area contributed by atoms with E-state index in [1.54, 1.807) is 7.11 Å². The Morgan fingerprint density at radius 3 is 1.60 bits per heavy atom. The van der Waals surface area contributed by atoms with Gasteiger partial charge < -0.3 is 4.74 Å². The molecule has 0 heterocycles. The molecule has 0 bridgehead atoms. The van der Waals surface area contributed by atoms with Crippen LogP contribution in [0.25, 0.3) is 0 Å². The van der Waals surface area contributed by atoms with Crippen molar-refractivity contribution in [3.63, 3.8) is 0 Å². The number of methoxy groups -OCH3 is 1. The zero-order chi connectivity index (χ0) is 8.36. The van der Waals surface area contributed by atoms with E-state index in [1.165, 1.54) is 11.1 Å². The molecule has 0 fully saturated rings. The monoisotopic (exact) mass is 142 g/mol. The largest absolute Gasteiger partial charge is 0.374 e. The summed E-state index contributed by atoms with van der Waals surface area (Å²) in [6, 6.07) is 0. The number of ether oxygens (including phenoxy) is 1. The van der Waals surface area contributed by atoms with E-state index in [9.17, 15) is 0 Å². The van der Waals surface area contributed by atoms with Crippen LogP contribution >= 0.6 is 0 Å². The van der Waals surface area contributed by atoms with Gasteiger partial charge in [0.25, 0.3) is 0 Å². The van der Waals surface area contributed by atoms with Gasteiger partial charge in [0.1, 0.15) is 0 Å². The highest BCUT2D eigenvalue weighted by Gasteiger charge is 2.18. The van der Waals surface area contributed by atoms with E-state index in [2.05, 4.69) is 34.6 Å². The van der Waals surface area contributed by atoms with Crippen molar-refractivity contribution in [3.05, 3.63) is 11.1 Å². The maximum absolute atomic E-state index is 5.30. The van der Waals surface area contributed by atoms with Crippen LogP contribution in [-0.4, -0.2) is 12.7 Å². The van der Waals surface area contributed by atoms with Crippen molar-refractivity contribution in [2.45, 2.75) is 40.2 Å². The molecule has 0 aliphatic carbocycles. The summed E-state index contributed by atoms with van der Waals surface area (Å²) >= 11 is 0. The first-order valence-corrected chi connectivity index (χ1v) is 3.61. The van der Waals surface area contributed by atoms with Gasteiger partial charge in [-0.3, -0.25) is 0 Å². The fourth-order valence-electron chi connectivity index (χ4n) is 0.755. The van der Waals surface area contributed by atoms with Gasteiger partial charge in [-0.2, -0.15) is 0 Å². The molecule has 0 saturated heterocycles. The lowest BCUT2D eigenvalue weighted by molar-refractivity contribution is 0.0542. The van der Waals surface area contributed by atoms with Gasteiger partial charge >= 0.3 is 0 Å². The van der Waals surface area contributed by atoms with E-state index >= 15 is 0 Å². The van der Waals surface area contributed by atoms with Gasteiger partial charge in [0.2, 0.25) is 0 Å². The second kappa shape index (κ2) is 3.20. The third-order valence-electron chi connectivity index (χ3n) is 2.16. The molecular weight excluding hydrogens is 124 g/mol. The molecule has 0 aromatic heterocycles. The lowest BCUT2D eigenvalue weighted by Crippen LogP contribution is -2.24. The minimum absolute atomic E-state index is 0.0984. The molecule has 0 amide bonds. The molecule has 1 nitrogen and oxygen atoms in total. The van der Waals surface area contributed by atoms with Gasteiger partial charge in [-0.15, -0.1) is 0 Å². The summed E-state index contributed by atoms with van der Waals surface area (Å²) in [5.41, 5.74) is 2.56. The Morgan fingerprint density at radius 2 is 1.50 bits per heavy atom. The molecule has 0 aromatic rings. The smallest absolute Gasteiger partial charge is 0.0831 e. The molecule has 0 spiro atoms. The molecule has 10 heavy (non-hydrogen) atoms. The van der Waals surface area contributed by atoms with E-state index < -0.39 is 0 Å². The fraction of sp³-hybridized carbons (Fsp3) is 0.778. The summed E-state index contributed by atoms with van der Waals surface area (Å²) in [6.07, 6.45) is 0. The van der Waals surface area contributed by atoms with Crippen molar-refractivity contribution in [3.8, 4) is 0 Å². The van der Waals surface area contributed by atoms with Gasteiger partial charge in [0.05, 0.1) is 5.60 Å². The molecule has 60 valence electrons. The molecule has 1 heteroatoms. The zero-order valence-corrected chi connectivity index (χ0v) is 7.91. The van der Waals surface area contributed by atoms with E-state index in [1.807, 2.05) is 0 Å². The standard InChI is InChI=1S/C9H18O/c1-7(2)8(3)9(4,5)10-6/h1-6H3. The molecular formula is C9H18O. The van der Waals surface area contributed by atoms with Crippen LogP contribution in [0.2, 0.25) is 0 Å². The van der Waals surface area contributed by atoms with Crippen LogP contribution in [0, 0.1) is 0 Å². The Morgan fingerprint density at radius 1 is 1.10 bits per heavy atom. The lowest BCUT2D eigenvalue weighted by Gasteiger charge is -2.25. The Hall–Kier alpha value is -0.300. The Bertz CT molecular complexity index is 139. The molecule has 0 rings (SSSR count). The summed E-state index contributed by atoms with van der Waals surface area (Å²) in [7, 11) is 1.74. The number of hydrogen-bond donors (Lipinski definition) is 0. The van der Waals surface area contributed by atoms with Crippen molar-refractivity contribution in [1.29, 1.82) is 0 Å². The summed E-state index contributed by atoms with van der Waals surface area (Å²) in [5, 5.41) is 0. The highest BCUT2D eigenvalue weighted by molar-refractivity contribution is 5.16. The van der Waals surface area contributed by atoms with Crippen LogP contribution < -0.4 is 0 Å². The first kappa shape index (κ1) is 9.70. The molecule has 0 aliphatic rings. The number of rotatable bonds is 2. The van der Waals surface area contributed by atoms with Gasteiger partial charge in [-0.1, -0.05) is 5.57 Å². The SMILES string of the molecule is COC(C)(C)C(C)=C(C)C. The summed E-state index contributed by atoms with van der Waals surface area (Å²) in [4.78, 5) is 0. The maximum Gasteiger partial charge on any atom is 0.0831 e. The summed E-state index contributed by atoms with van der Waals surface area (Å²) < 4.78 is 5.30. The topological polar surface area (TPSA) is 9.23 Å². The van der Waals surface area contributed by atoms with Crippen molar-refractivity contribution in [1.82, 2.24) is 0 Å². The van der Waals surface area contributed by atoms with Gasteiger partial charge in [-0.05, 0) is 40.2 Å². The number of allylic oxidation sites excluding steroid dienone is 1.